The summed E-state index contributed by atoms with van der Waals surface area (Å²) in [6.45, 7) is 12.7. The Bertz CT molecular complexity index is 5160. The summed E-state index contributed by atoms with van der Waals surface area (Å²) in [7, 11) is 2.16. The number of oxazole rings is 1. The Balaban J connectivity index is 0.000000110. The van der Waals surface area contributed by atoms with Crippen molar-refractivity contribution in [3.05, 3.63) is 223 Å². The Morgan fingerprint density at radius 3 is 1.19 bits per heavy atom. The monoisotopic (exact) mass is 1620 g/mol. The largest absolute Gasteiger partial charge is 0.451 e. The second kappa shape index (κ2) is 33.3. The zero-order chi connectivity index (χ0) is 82.1. The molecule has 4 unspecified atom stereocenters. The summed E-state index contributed by atoms with van der Waals surface area (Å²) in [5.74, 6) is 3.24. The number of hydrogen-bond acceptors (Lipinski definition) is 20. The minimum atomic E-state index is -0.180. The number of furan rings is 4. The van der Waals surface area contributed by atoms with Crippen LogP contribution in [-0.4, -0.2) is 209 Å². The number of para-hydroxylation sites is 3. The van der Waals surface area contributed by atoms with Crippen molar-refractivity contribution in [2.24, 2.45) is 45.3 Å². The maximum absolute atomic E-state index is 13.1. The van der Waals surface area contributed by atoms with Crippen molar-refractivity contribution in [3.8, 4) is 0 Å². The molecule has 5 aliphatic heterocycles. The molecule has 12 aromatic rings. The number of pyridine rings is 1. The fourth-order valence-electron chi connectivity index (χ4n) is 19.0. The number of imidazole rings is 1. The Morgan fingerprint density at radius 2 is 0.808 bits per heavy atom. The number of hydrogen-bond donors (Lipinski definition) is 5. The van der Waals surface area contributed by atoms with E-state index in [1.54, 1.807) is 49.1 Å². The molecule has 13 heterocycles. The average molecular weight is 1620 g/mol. The van der Waals surface area contributed by atoms with E-state index in [2.05, 4.69) is 75.3 Å². The number of H-pyrrole nitrogens is 1. The molecule has 4 atom stereocenters. The van der Waals surface area contributed by atoms with E-state index in [1.807, 2.05) is 111 Å². The van der Waals surface area contributed by atoms with Crippen molar-refractivity contribution < 1.29 is 65.0 Å². The number of aromatic amines is 1. The molecule has 9 aliphatic rings. The first-order valence-corrected chi connectivity index (χ1v) is 41.8. The second-order valence-corrected chi connectivity index (χ2v) is 34.1. The van der Waals surface area contributed by atoms with Crippen molar-refractivity contribution in [1.82, 2.24) is 70.9 Å². The van der Waals surface area contributed by atoms with E-state index >= 15 is 0 Å². The molecule has 29 heteroatoms. The molecular formula is C91H97N15O14. The number of nitrogens with zero attached hydrogens (tertiary/aromatic N) is 10. The van der Waals surface area contributed by atoms with Crippen molar-refractivity contribution in [3.63, 3.8) is 0 Å². The minimum Gasteiger partial charge on any atom is -0.451 e. The van der Waals surface area contributed by atoms with E-state index in [-0.39, 0.29) is 68.9 Å². The third kappa shape index (κ3) is 16.9. The summed E-state index contributed by atoms with van der Waals surface area (Å²) in [5.41, 5.74) is 6.28. The van der Waals surface area contributed by atoms with Crippen LogP contribution in [0.4, 0.5) is 5.69 Å². The van der Waals surface area contributed by atoms with Gasteiger partial charge in [-0.05, 0) is 202 Å². The van der Waals surface area contributed by atoms with Crippen LogP contribution in [0.3, 0.4) is 0 Å². The number of piperidine rings is 4. The lowest BCUT2D eigenvalue weighted by atomic mass is 9.90. The number of fused-ring (bicyclic) bond motifs is 4. The summed E-state index contributed by atoms with van der Waals surface area (Å²) < 4.78 is 32.4. The molecule has 21 rings (SSSR count). The van der Waals surface area contributed by atoms with E-state index in [4.69, 9.17) is 26.6 Å². The van der Waals surface area contributed by atoms with Gasteiger partial charge < -0.3 is 82.3 Å². The number of benzene rings is 4. The third-order valence-corrected chi connectivity index (χ3v) is 27.2. The molecule has 8 amide bonds. The van der Waals surface area contributed by atoms with Gasteiger partial charge in [-0.1, -0.05) is 59.8 Å². The van der Waals surface area contributed by atoms with Crippen molar-refractivity contribution >= 4 is 96.8 Å². The van der Waals surface area contributed by atoms with Gasteiger partial charge in [0.05, 0.1) is 24.2 Å². The second-order valence-electron chi connectivity index (χ2n) is 34.1. The molecule has 9 fully saturated rings. The Kier molecular flexibility index (Phi) is 21.8. The molecule has 120 heavy (non-hydrogen) atoms. The molecular weight excluding hydrogens is 1530 g/mol. The van der Waals surface area contributed by atoms with Gasteiger partial charge in [-0.2, -0.15) is 0 Å². The van der Waals surface area contributed by atoms with Gasteiger partial charge in [-0.15, -0.1) is 0 Å². The topological polar surface area (TPSA) is 350 Å². The summed E-state index contributed by atoms with van der Waals surface area (Å²) in [5, 5.41) is 19.4. The highest BCUT2D eigenvalue weighted by Gasteiger charge is 2.58. The fraction of sp³-hybridized carbons (Fsp3) is 0.407. The number of aromatic nitrogens is 5. The van der Waals surface area contributed by atoms with Gasteiger partial charge in [-0.25, -0.2) is 9.97 Å². The first-order valence-electron chi connectivity index (χ1n) is 41.8. The van der Waals surface area contributed by atoms with Gasteiger partial charge in [0.1, 0.15) is 23.0 Å². The zero-order valence-electron chi connectivity index (χ0n) is 67.0. The average Bonchev–Trinajstić information content (AvgIpc) is 1.60. The van der Waals surface area contributed by atoms with E-state index in [1.165, 1.54) is 30.7 Å². The Labute approximate surface area is 691 Å². The van der Waals surface area contributed by atoms with Gasteiger partial charge in [0.25, 0.3) is 47.3 Å². The molecule has 4 aliphatic carbocycles. The molecule has 0 radical (unpaired) electrons. The number of likely N-dealkylation sites (N-methyl/N-ethyl adjacent to an activating group) is 1. The number of nitrogens with one attached hydrogen (secondary N) is 5. The van der Waals surface area contributed by atoms with Crippen LogP contribution in [0.5, 0.6) is 0 Å². The predicted octanol–water partition coefficient (Wildman–Crippen LogP) is 12.3. The highest BCUT2D eigenvalue weighted by molar-refractivity contribution is 5.99. The number of rotatable bonds is 17. The molecule has 0 bridgehead atoms. The zero-order valence-corrected chi connectivity index (χ0v) is 67.0. The summed E-state index contributed by atoms with van der Waals surface area (Å²) >= 11 is 0. The lowest BCUT2D eigenvalue weighted by Gasteiger charge is -2.34. The molecule has 4 spiro atoms. The predicted molar refractivity (Wildman–Crippen MR) is 442 cm³/mol. The first-order chi connectivity index (χ1) is 58.4. The maximum atomic E-state index is 13.1. The van der Waals surface area contributed by atoms with E-state index < -0.39 is 0 Å². The van der Waals surface area contributed by atoms with Crippen LogP contribution >= 0.6 is 0 Å². The van der Waals surface area contributed by atoms with Gasteiger partial charge in [0.15, 0.2) is 40.8 Å². The number of amides is 8. The quantitative estimate of drug-likeness (QED) is 0.0565. The first kappa shape index (κ1) is 78.5. The van der Waals surface area contributed by atoms with Crippen LogP contribution in [0, 0.1) is 45.3 Å². The van der Waals surface area contributed by atoms with Crippen LogP contribution in [0.1, 0.15) is 161 Å². The molecule has 4 saturated carbocycles. The number of likely N-dealkylation sites (tertiary alicyclic amines) is 4. The van der Waals surface area contributed by atoms with Crippen LogP contribution in [0.25, 0.3) is 43.9 Å². The lowest BCUT2D eigenvalue weighted by molar-refractivity contribution is 0.0632. The van der Waals surface area contributed by atoms with Gasteiger partial charge in [0, 0.05) is 156 Å². The number of piperazine rings is 1. The summed E-state index contributed by atoms with van der Waals surface area (Å²) in [4.78, 5) is 127. The van der Waals surface area contributed by atoms with Crippen LogP contribution in [0.2, 0.25) is 0 Å². The smallest absolute Gasteiger partial charge is 0.291 e. The number of carbonyl (C=O) groups is 8. The van der Waals surface area contributed by atoms with Gasteiger partial charge in [-0.3, -0.25) is 43.3 Å². The maximum Gasteiger partial charge on any atom is 0.291 e. The Morgan fingerprint density at radius 1 is 0.408 bits per heavy atom. The van der Waals surface area contributed by atoms with E-state index in [0.29, 0.717) is 109 Å². The normalized spacial score (nSPS) is 20.8. The minimum absolute atomic E-state index is 0.0218. The van der Waals surface area contributed by atoms with Crippen molar-refractivity contribution in [2.45, 2.75) is 77.0 Å². The number of carbonyl (C=O) groups excluding carboxylic acids is 8. The lowest BCUT2D eigenvalue weighted by Crippen LogP contribution is -2.44. The molecule has 29 nitrogen and oxygen atoms in total. The summed E-state index contributed by atoms with van der Waals surface area (Å²) in [6, 6.07) is 39.9. The number of anilines is 1. The van der Waals surface area contributed by atoms with Crippen molar-refractivity contribution in [1.29, 1.82) is 0 Å². The fourth-order valence-corrected chi connectivity index (χ4v) is 19.0. The van der Waals surface area contributed by atoms with Gasteiger partial charge >= 0.3 is 0 Å². The van der Waals surface area contributed by atoms with Crippen LogP contribution < -0.4 is 26.2 Å². The van der Waals surface area contributed by atoms with E-state index in [9.17, 15) is 38.4 Å². The third-order valence-electron chi connectivity index (χ3n) is 27.2. The summed E-state index contributed by atoms with van der Waals surface area (Å²) in [6.07, 6.45) is 24.4. The molecule has 5 N–H and O–H groups in total. The molecule has 5 saturated heterocycles. The SMILES string of the molecule is CN1CCN(c2ccc(C(=O)N3CCC4(CC3)CC4CNC(=O)c3cc4ccncc4o3)cc2)CC1.O=C(NCC1CC12CCN(C(=O)c1cnco1)CC2)c1cc2ccccc2o1.O=C(NCC1CC12CCN(C(=O)c1cnoc1)CC2)c1cc2ccccc2o1.O=C(NCC1CC12CCN(C(=O)c1ncc[nH]1)CC2)c1cc2ccccc2o1. The van der Waals surface area contributed by atoms with Gasteiger partial charge in [0.2, 0.25) is 5.76 Å². The van der Waals surface area contributed by atoms with Crippen LogP contribution in [0.15, 0.2) is 204 Å². The standard InChI is InChI=1S/C28H33N5O3.C21H22N4O3.2C21H21N3O4/c1-31-12-14-32(15-13-31)23-4-2-20(3-5-23)27(35)33-10-7-28(8-11-33)17-22(28)18-30-26(34)24-16-21-6-9-29-19-25(21)36-24;26-19(17-11-14-3-1-2-4-16(14)28-17)24-13-15-12-21(15)5-9-25(10-6-21)20(27)18-22-7-8-23-18;25-19(18-9-14-3-1-2-4-17(14)28-18)22-12-16-10-21(16)5-7-24(8-6-21)20(26)15-11-23-27-13-15;25-19(17-9-14-3-1-2-4-16(14)28-17)23-11-15-10-21(15)5-7-24(8-6-21)20(26)18-12-22-13-27-18/h2-6,9,16,19,22H,7-8,10-15,17-18H2,1H3,(H,30,34);1-4,7-8,11,15H,5-6,9-10,12-13H2,(H,22,23)(H,24,26);1-4,9,11,13,16H,5-8,10,12H2,(H,22,25);1-4,9,12-13,15H,5-8,10-11H2,(H,23,25). The van der Waals surface area contributed by atoms with Crippen molar-refractivity contribution in [2.75, 3.05) is 117 Å². The van der Waals surface area contributed by atoms with Crippen LogP contribution in [-0.2, 0) is 0 Å². The highest BCUT2D eigenvalue weighted by Crippen LogP contribution is 2.62. The Hall–Kier alpha value is -12.7. The molecule has 4 aromatic carbocycles. The highest BCUT2D eigenvalue weighted by atomic mass is 16.5. The molecule has 620 valence electrons. The van der Waals surface area contributed by atoms with E-state index in [0.717, 1.165) is 186 Å². The molecule has 8 aromatic heterocycles.